The lowest BCUT2D eigenvalue weighted by atomic mass is 10.2. The molecule has 3 nitrogen and oxygen atoms in total. The van der Waals surface area contributed by atoms with Gasteiger partial charge in [-0.15, -0.1) is 0 Å². The maximum atomic E-state index is 10.8. The number of Topliss-reactive ketones (excluding diaryl/α,β-unsaturated/α-hetero) is 1. The second-order valence-corrected chi connectivity index (χ2v) is 3.84. The van der Waals surface area contributed by atoms with Gasteiger partial charge in [0.2, 0.25) is 5.88 Å². The molecule has 1 aromatic heterocycles. The summed E-state index contributed by atoms with van der Waals surface area (Å²) in [5.74, 6) is 0.818. The first-order valence-electron chi connectivity index (χ1n) is 5.20. The van der Waals surface area contributed by atoms with Crippen molar-refractivity contribution in [3.8, 4) is 5.88 Å². The Hall–Kier alpha value is -1.38. The molecule has 0 atom stereocenters. The molecule has 1 aromatic rings. The van der Waals surface area contributed by atoms with Crippen LogP contribution in [0.4, 0.5) is 0 Å². The SMILES string of the molecule is CC(=O)CCc1cccc(OC(C)C)n1. The minimum absolute atomic E-state index is 0.126. The van der Waals surface area contributed by atoms with Gasteiger partial charge in [-0.1, -0.05) is 6.07 Å². The minimum Gasteiger partial charge on any atom is -0.475 e. The Bertz CT molecular complexity index is 334. The maximum Gasteiger partial charge on any atom is 0.213 e. The van der Waals surface area contributed by atoms with Gasteiger partial charge < -0.3 is 9.53 Å². The Morgan fingerprint density at radius 3 is 2.80 bits per heavy atom. The largest absolute Gasteiger partial charge is 0.475 e. The number of carbonyl (C=O) groups excluding carboxylic acids is 1. The number of hydrogen-bond acceptors (Lipinski definition) is 3. The van der Waals surface area contributed by atoms with Gasteiger partial charge in [0.25, 0.3) is 0 Å². The van der Waals surface area contributed by atoms with Crippen LogP contribution >= 0.6 is 0 Å². The zero-order chi connectivity index (χ0) is 11.3. The van der Waals surface area contributed by atoms with Gasteiger partial charge in [0.15, 0.2) is 0 Å². The standard InChI is InChI=1S/C12H17NO2/c1-9(2)15-12-6-4-5-11(13-12)8-7-10(3)14/h4-6,9H,7-8H2,1-3H3. The highest BCUT2D eigenvalue weighted by Crippen LogP contribution is 2.10. The number of pyridine rings is 1. The fourth-order valence-electron chi connectivity index (χ4n) is 1.21. The molecule has 0 spiro atoms. The summed E-state index contributed by atoms with van der Waals surface area (Å²) >= 11 is 0. The highest BCUT2D eigenvalue weighted by Gasteiger charge is 2.02. The Balaban J connectivity index is 2.61. The van der Waals surface area contributed by atoms with Gasteiger partial charge in [-0.3, -0.25) is 0 Å². The van der Waals surface area contributed by atoms with Crippen LogP contribution in [0.2, 0.25) is 0 Å². The van der Waals surface area contributed by atoms with E-state index in [0.29, 0.717) is 18.7 Å². The summed E-state index contributed by atoms with van der Waals surface area (Å²) in [6.07, 6.45) is 1.35. The van der Waals surface area contributed by atoms with Gasteiger partial charge >= 0.3 is 0 Å². The van der Waals surface area contributed by atoms with Gasteiger partial charge in [-0.05, 0) is 33.3 Å². The topological polar surface area (TPSA) is 39.2 Å². The van der Waals surface area contributed by atoms with E-state index in [1.54, 1.807) is 6.92 Å². The van der Waals surface area contributed by atoms with Crippen molar-refractivity contribution in [1.82, 2.24) is 4.98 Å². The zero-order valence-corrected chi connectivity index (χ0v) is 9.49. The predicted molar refractivity (Wildman–Crippen MR) is 59.0 cm³/mol. The van der Waals surface area contributed by atoms with Crippen LogP contribution in [0, 0.1) is 0 Å². The summed E-state index contributed by atoms with van der Waals surface area (Å²) in [4.78, 5) is 15.1. The molecular weight excluding hydrogens is 190 g/mol. The van der Waals surface area contributed by atoms with Crippen LogP contribution in [0.3, 0.4) is 0 Å². The van der Waals surface area contributed by atoms with Crippen molar-refractivity contribution in [2.75, 3.05) is 0 Å². The first-order valence-corrected chi connectivity index (χ1v) is 5.20. The Labute approximate surface area is 90.5 Å². The Kier molecular flexibility index (Phi) is 4.28. The van der Waals surface area contributed by atoms with Crippen LogP contribution < -0.4 is 4.74 Å². The lowest BCUT2D eigenvalue weighted by Crippen LogP contribution is -2.07. The number of rotatable bonds is 5. The molecule has 0 saturated heterocycles. The molecule has 0 amide bonds. The third kappa shape index (κ3) is 4.58. The van der Waals surface area contributed by atoms with E-state index in [2.05, 4.69) is 4.98 Å². The van der Waals surface area contributed by atoms with Crippen molar-refractivity contribution < 1.29 is 9.53 Å². The highest BCUT2D eigenvalue weighted by molar-refractivity contribution is 5.75. The number of aromatic nitrogens is 1. The number of hydrogen-bond donors (Lipinski definition) is 0. The Morgan fingerprint density at radius 2 is 2.20 bits per heavy atom. The third-order valence-electron chi connectivity index (χ3n) is 1.87. The molecule has 0 aromatic carbocycles. The smallest absolute Gasteiger partial charge is 0.213 e. The van der Waals surface area contributed by atoms with E-state index in [9.17, 15) is 4.79 Å². The van der Waals surface area contributed by atoms with Crippen molar-refractivity contribution in [2.45, 2.75) is 39.7 Å². The molecule has 0 aliphatic carbocycles. The molecule has 0 bridgehead atoms. The average Bonchev–Trinajstić information content (AvgIpc) is 2.14. The van der Waals surface area contributed by atoms with Gasteiger partial charge in [-0.25, -0.2) is 4.98 Å². The Morgan fingerprint density at radius 1 is 1.47 bits per heavy atom. The molecule has 1 heterocycles. The number of ether oxygens (including phenoxy) is 1. The van der Waals surface area contributed by atoms with Gasteiger partial charge in [0, 0.05) is 18.2 Å². The molecule has 0 radical (unpaired) electrons. The summed E-state index contributed by atoms with van der Waals surface area (Å²) in [6, 6.07) is 5.65. The lowest BCUT2D eigenvalue weighted by Gasteiger charge is -2.09. The molecule has 1 rings (SSSR count). The van der Waals surface area contributed by atoms with Gasteiger partial charge in [0.1, 0.15) is 5.78 Å². The fourth-order valence-corrected chi connectivity index (χ4v) is 1.21. The molecule has 3 heteroatoms. The first-order chi connectivity index (χ1) is 7.08. The van der Waals surface area contributed by atoms with Crippen molar-refractivity contribution >= 4 is 5.78 Å². The summed E-state index contributed by atoms with van der Waals surface area (Å²) in [5, 5.41) is 0. The third-order valence-corrected chi connectivity index (χ3v) is 1.87. The number of nitrogens with zero attached hydrogens (tertiary/aromatic N) is 1. The molecular formula is C12H17NO2. The molecule has 0 unspecified atom stereocenters. The van der Waals surface area contributed by atoms with E-state index in [1.165, 1.54) is 0 Å². The zero-order valence-electron chi connectivity index (χ0n) is 9.49. The maximum absolute atomic E-state index is 10.8. The summed E-state index contributed by atoms with van der Waals surface area (Å²) < 4.78 is 5.47. The van der Waals surface area contributed by atoms with Gasteiger partial charge in [0.05, 0.1) is 6.10 Å². The summed E-state index contributed by atoms with van der Waals surface area (Å²) in [6.45, 7) is 5.52. The second kappa shape index (κ2) is 5.49. The van der Waals surface area contributed by atoms with Crippen LogP contribution in [-0.2, 0) is 11.2 Å². The van der Waals surface area contributed by atoms with Gasteiger partial charge in [-0.2, -0.15) is 0 Å². The average molecular weight is 207 g/mol. The first kappa shape index (κ1) is 11.7. The quantitative estimate of drug-likeness (QED) is 0.744. The fraction of sp³-hybridized carbons (Fsp3) is 0.500. The molecule has 15 heavy (non-hydrogen) atoms. The summed E-state index contributed by atoms with van der Waals surface area (Å²) in [7, 11) is 0. The molecule has 0 aliphatic rings. The second-order valence-electron chi connectivity index (χ2n) is 3.84. The van der Waals surface area contributed by atoms with Crippen molar-refractivity contribution in [2.24, 2.45) is 0 Å². The number of carbonyl (C=O) groups is 1. The van der Waals surface area contributed by atoms with Crippen LogP contribution in [0.25, 0.3) is 0 Å². The molecule has 0 N–H and O–H groups in total. The lowest BCUT2D eigenvalue weighted by molar-refractivity contribution is -0.117. The minimum atomic E-state index is 0.126. The molecule has 0 saturated carbocycles. The van der Waals surface area contributed by atoms with Crippen LogP contribution in [0.5, 0.6) is 5.88 Å². The van der Waals surface area contributed by atoms with E-state index in [0.717, 1.165) is 5.69 Å². The molecule has 0 aliphatic heterocycles. The predicted octanol–water partition coefficient (Wildman–Crippen LogP) is 2.39. The van der Waals surface area contributed by atoms with Crippen molar-refractivity contribution in [3.05, 3.63) is 23.9 Å². The van der Waals surface area contributed by atoms with Crippen molar-refractivity contribution in [3.63, 3.8) is 0 Å². The van der Waals surface area contributed by atoms with Crippen LogP contribution in [0.15, 0.2) is 18.2 Å². The summed E-state index contributed by atoms with van der Waals surface area (Å²) in [5.41, 5.74) is 0.906. The highest BCUT2D eigenvalue weighted by atomic mass is 16.5. The van der Waals surface area contributed by atoms with Crippen LogP contribution in [-0.4, -0.2) is 16.9 Å². The van der Waals surface area contributed by atoms with Crippen LogP contribution in [0.1, 0.15) is 32.9 Å². The number of aryl methyl sites for hydroxylation is 1. The number of ketones is 1. The van der Waals surface area contributed by atoms with E-state index in [-0.39, 0.29) is 11.9 Å². The van der Waals surface area contributed by atoms with Crippen molar-refractivity contribution in [1.29, 1.82) is 0 Å². The normalized spacial score (nSPS) is 10.4. The van der Waals surface area contributed by atoms with E-state index in [4.69, 9.17) is 4.74 Å². The van der Waals surface area contributed by atoms with E-state index < -0.39 is 0 Å². The van der Waals surface area contributed by atoms with E-state index in [1.807, 2.05) is 32.0 Å². The molecule has 82 valence electrons. The van der Waals surface area contributed by atoms with E-state index >= 15 is 0 Å². The monoisotopic (exact) mass is 207 g/mol. The molecule has 0 fully saturated rings.